The van der Waals surface area contributed by atoms with Crippen LogP contribution in [-0.4, -0.2) is 58.9 Å². The summed E-state index contributed by atoms with van der Waals surface area (Å²) >= 11 is 0. The van der Waals surface area contributed by atoms with Crippen LogP contribution in [0.3, 0.4) is 0 Å². The van der Waals surface area contributed by atoms with Crippen LogP contribution in [0.1, 0.15) is 36.2 Å². The summed E-state index contributed by atoms with van der Waals surface area (Å²) in [5, 5.41) is 16.6. The van der Waals surface area contributed by atoms with Crippen LogP contribution in [0, 0.1) is 19.3 Å². The van der Waals surface area contributed by atoms with Crippen LogP contribution in [0.15, 0.2) is 0 Å². The zero-order valence-corrected chi connectivity index (χ0v) is 14.0. The molecule has 1 amide bonds. The van der Waals surface area contributed by atoms with Crippen LogP contribution in [0.2, 0.25) is 0 Å². The van der Waals surface area contributed by atoms with Gasteiger partial charge in [-0.25, -0.2) is 0 Å². The molecule has 0 aromatic carbocycles. The number of carboxylic acid groups (broad SMARTS) is 1. The smallest absolute Gasteiger partial charge is 0.311 e. The van der Waals surface area contributed by atoms with E-state index in [-0.39, 0.29) is 18.9 Å². The van der Waals surface area contributed by atoms with Gasteiger partial charge in [0.05, 0.1) is 17.5 Å². The van der Waals surface area contributed by atoms with E-state index in [2.05, 4.69) is 10.2 Å². The third-order valence-electron chi connectivity index (χ3n) is 4.78. The molecule has 1 aliphatic heterocycles. The molecule has 1 aromatic heterocycles. The molecule has 1 saturated heterocycles. The first kappa shape index (κ1) is 17.5. The fourth-order valence-corrected chi connectivity index (χ4v) is 3.23. The molecule has 23 heavy (non-hydrogen) atoms. The molecule has 0 spiro atoms. The Bertz CT molecular complexity index is 564. The van der Waals surface area contributed by atoms with E-state index in [1.54, 1.807) is 12.0 Å². The number of hydrogen-bond donors (Lipinski definition) is 2. The highest BCUT2D eigenvalue weighted by molar-refractivity contribution is 5.81. The average molecular weight is 323 g/mol. The lowest BCUT2D eigenvalue weighted by Crippen LogP contribution is -2.50. The monoisotopic (exact) mass is 323 g/mol. The molecular formula is C16H25N3O4. The summed E-state index contributed by atoms with van der Waals surface area (Å²) in [5.41, 5.74) is 1.71. The SMILES string of the molecule is COCCC1(C(=O)O)CCCN(C(=O)Cc2c(C)n[nH]c2C)C1. The van der Waals surface area contributed by atoms with Gasteiger partial charge in [0.1, 0.15) is 0 Å². The number of aliphatic carboxylic acids is 1. The summed E-state index contributed by atoms with van der Waals surface area (Å²) in [7, 11) is 1.56. The van der Waals surface area contributed by atoms with E-state index >= 15 is 0 Å². The molecule has 2 N–H and O–H groups in total. The van der Waals surface area contributed by atoms with Gasteiger partial charge in [-0.3, -0.25) is 14.7 Å². The fraction of sp³-hybridized carbons (Fsp3) is 0.688. The Morgan fingerprint density at radius 1 is 1.43 bits per heavy atom. The molecule has 2 rings (SSSR count). The molecule has 7 heteroatoms. The van der Waals surface area contributed by atoms with E-state index in [9.17, 15) is 14.7 Å². The van der Waals surface area contributed by atoms with Crippen LogP contribution in [0.25, 0.3) is 0 Å². The summed E-state index contributed by atoms with van der Waals surface area (Å²) in [4.78, 5) is 26.1. The first-order chi connectivity index (χ1) is 10.9. The van der Waals surface area contributed by atoms with Gasteiger partial charge in [-0.05, 0) is 33.1 Å². The average Bonchev–Trinajstić information content (AvgIpc) is 2.84. The topological polar surface area (TPSA) is 95.5 Å². The number of rotatable bonds is 6. The highest BCUT2D eigenvalue weighted by Crippen LogP contribution is 2.34. The maximum Gasteiger partial charge on any atom is 0.311 e. The Kier molecular flexibility index (Phi) is 5.41. The normalized spacial score (nSPS) is 21.4. The molecule has 128 valence electrons. The molecule has 0 aliphatic carbocycles. The lowest BCUT2D eigenvalue weighted by molar-refractivity contribution is -0.156. The molecule has 1 atom stereocenters. The summed E-state index contributed by atoms with van der Waals surface area (Å²) in [6.07, 6.45) is 1.96. The van der Waals surface area contributed by atoms with E-state index in [0.29, 0.717) is 32.4 Å². The number of ether oxygens (including phenoxy) is 1. The number of nitrogens with zero attached hydrogens (tertiary/aromatic N) is 2. The predicted octanol–water partition coefficient (Wildman–Crippen LogP) is 1.30. The highest BCUT2D eigenvalue weighted by atomic mass is 16.5. The number of H-pyrrole nitrogens is 1. The minimum atomic E-state index is -0.898. The molecule has 7 nitrogen and oxygen atoms in total. The summed E-state index contributed by atoms with van der Waals surface area (Å²) in [5.74, 6) is -0.886. The molecule has 0 saturated carbocycles. The second kappa shape index (κ2) is 7.12. The molecule has 1 aliphatic rings. The number of aryl methyl sites for hydroxylation is 2. The first-order valence-electron chi connectivity index (χ1n) is 7.90. The van der Waals surface area contributed by atoms with Gasteiger partial charge in [0.2, 0.25) is 5.91 Å². The van der Waals surface area contributed by atoms with E-state index in [4.69, 9.17) is 4.74 Å². The van der Waals surface area contributed by atoms with Crippen molar-refractivity contribution in [3.63, 3.8) is 0 Å². The van der Waals surface area contributed by atoms with E-state index in [1.165, 1.54) is 0 Å². The van der Waals surface area contributed by atoms with Crippen molar-refractivity contribution in [2.24, 2.45) is 5.41 Å². The van der Waals surface area contributed by atoms with Crippen molar-refractivity contribution in [2.75, 3.05) is 26.8 Å². The van der Waals surface area contributed by atoms with Gasteiger partial charge in [-0.2, -0.15) is 5.10 Å². The second-order valence-corrected chi connectivity index (χ2v) is 6.34. The van der Waals surface area contributed by atoms with Crippen LogP contribution in [-0.2, 0) is 20.7 Å². The van der Waals surface area contributed by atoms with Crippen LogP contribution in [0.4, 0.5) is 0 Å². The number of nitrogens with one attached hydrogen (secondary N) is 1. The Balaban J connectivity index is 2.10. The van der Waals surface area contributed by atoms with Crippen molar-refractivity contribution in [3.05, 3.63) is 17.0 Å². The fourth-order valence-electron chi connectivity index (χ4n) is 3.23. The minimum absolute atomic E-state index is 0.0414. The summed E-state index contributed by atoms with van der Waals surface area (Å²) in [6.45, 7) is 4.99. The predicted molar refractivity (Wildman–Crippen MR) is 84.1 cm³/mol. The van der Waals surface area contributed by atoms with Crippen LogP contribution < -0.4 is 0 Å². The maximum absolute atomic E-state index is 12.6. The van der Waals surface area contributed by atoms with Gasteiger partial charge in [0.15, 0.2) is 0 Å². The minimum Gasteiger partial charge on any atom is -0.481 e. The Hall–Kier alpha value is -1.89. The first-order valence-corrected chi connectivity index (χ1v) is 7.90. The maximum atomic E-state index is 12.6. The summed E-state index contributed by atoms with van der Waals surface area (Å²) < 4.78 is 5.05. The molecule has 0 bridgehead atoms. The number of likely N-dealkylation sites (tertiary alicyclic amines) is 1. The van der Waals surface area contributed by atoms with E-state index in [1.807, 2.05) is 13.8 Å². The van der Waals surface area contributed by atoms with Gasteiger partial charge in [-0.15, -0.1) is 0 Å². The van der Waals surface area contributed by atoms with Crippen molar-refractivity contribution in [3.8, 4) is 0 Å². The zero-order valence-electron chi connectivity index (χ0n) is 14.0. The number of carbonyl (C=O) groups is 2. The van der Waals surface area contributed by atoms with Crippen molar-refractivity contribution in [2.45, 2.75) is 39.5 Å². The number of piperidine rings is 1. The number of carbonyl (C=O) groups excluding carboxylic acids is 1. The number of aromatic nitrogens is 2. The molecule has 1 fully saturated rings. The highest BCUT2D eigenvalue weighted by Gasteiger charge is 2.43. The number of carboxylic acids is 1. The van der Waals surface area contributed by atoms with E-state index < -0.39 is 11.4 Å². The molecule has 1 aromatic rings. The van der Waals surface area contributed by atoms with Crippen molar-refractivity contribution >= 4 is 11.9 Å². The Morgan fingerprint density at radius 2 is 2.17 bits per heavy atom. The number of amides is 1. The van der Waals surface area contributed by atoms with Crippen LogP contribution in [0.5, 0.6) is 0 Å². The van der Waals surface area contributed by atoms with Crippen molar-refractivity contribution < 1.29 is 19.4 Å². The van der Waals surface area contributed by atoms with E-state index in [0.717, 1.165) is 17.0 Å². The van der Waals surface area contributed by atoms with Gasteiger partial charge in [0.25, 0.3) is 0 Å². The second-order valence-electron chi connectivity index (χ2n) is 6.34. The number of hydrogen-bond acceptors (Lipinski definition) is 4. The van der Waals surface area contributed by atoms with Gasteiger partial charge < -0.3 is 14.7 Å². The third-order valence-corrected chi connectivity index (χ3v) is 4.78. The van der Waals surface area contributed by atoms with Crippen molar-refractivity contribution in [1.82, 2.24) is 15.1 Å². The number of methoxy groups -OCH3 is 1. The van der Waals surface area contributed by atoms with Gasteiger partial charge >= 0.3 is 5.97 Å². The molecule has 1 unspecified atom stereocenters. The Morgan fingerprint density at radius 3 is 2.74 bits per heavy atom. The molecule has 0 radical (unpaired) electrons. The van der Waals surface area contributed by atoms with Gasteiger partial charge in [-0.1, -0.05) is 0 Å². The zero-order chi connectivity index (χ0) is 17.0. The van der Waals surface area contributed by atoms with Crippen LogP contribution >= 0.6 is 0 Å². The lowest BCUT2D eigenvalue weighted by atomic mass is 9.77. The molecular weight excluding hydrogens is 298 g/mol. The van der Waals surface area contributed by atoms with Gasteiger partial charge in [0, 0.05) is 38.1 Å². The Labute approximate surface area is 136 Å². The third kappa shape index (κ3) is 3.72. The summed E-state index contributed by atoms with van der Waals surface area (Å²) in [6, 6.07) is 0. The lowest BCUT2D eigenvalue weighted by Gasteiger charge is -2.40. The number of aromatic amines is 1. The quantitative estimate of drug-likeness (QED) is 0.822. The largest absolute Gasteiger partial charge is 0.481 e. The van der Waals surface area contributed by atoms with Crippen molar-refractivity contribution in [1.29, 1.82) is 0 Å². The standard InChI is InChI=1S/C16H25N3O4/c1-11-13(12(2)18-17-11)9-14(20)19-7-4-5-16(10-19,15(21)22)6-8-23-3/h4-10H2,1-3H3,(H,17,18)(H,21,22). The molecule has 2 heterocycles.